The molecule has 4 nitrogen and oxygen atoms in total. The van der Waals surface area contributed by atoms with Crippen LogP contribution in [0.2, 0.25) is 10.0 Å². The second-order valence-electron chi connectivity index (χ2n) is 4.68. The number of hydrogen-bond donors (Lipinski definition) is 2. The van der Waals surface area contributed by atoms with Gasteiger partial charge in [-0.25, -0.2) is 0 Å². The molecule has 2 N–H and O–H groups in total. The van der Waals surface area contributed by atoms with Crippen LogP contribution < -0.4 is 10.6 Å². The Balaban J connectivity index is 1.85. The van der Waals surface area contributed by atoms with Crippen molar-refractivity contribution in [3.05, 3.63) is 57.6 Å². The average molecular weight is 321 g/mol. The summed E-state index contributed by atoms with van der Waals surface area (Å²) in [5.74, 6) is -0.386. The minimum absolute atomic E-state index is 0.0690. The largest absolute Gasteiger partial charge is 0.326 e. The molecule has 0 saturated heterocycles. The van der Waals surface area contributed by atoms with E-state index >= 15 is 0 Å². The Kier molecular flexibility index (Phi) is 3.57. The van der Waals surface area contributed by atoms with E-state index in [2.05, 4.69) is 10.6 Å². The van der Waals surface area contributed by atoms with Crippen LogP contribution in [-0.2, 0) is 11.2 Å². The summed E-state index contributed by atoms with van der Waals surface area (Å²) >= 11 is 11.9. The molecule has 0 aliphatic carbocycles. The van der Waals surface area contributed by atoms with Crippen molar-refractivity contribution in [1.29, 1.82) is 0 Å². The first-order chi connectivity index (χ1) is 10.0. The molecule has 3 rings (SSSR count). The zero-order valence-corrected chi connectivity index (χ0v) is 12.3. The fourth-order valence-corrected chi connectivity index (χ4v) is 2.48. The first kappa shape index (κ1) is 13.9. The molecule has 1 aliphatic rings. The normalized spacial score (nSPS) is 12.8. The number of benzene rings is 2. The molecule has 1 heterocycles. The van der Waals surface area contributed by atoms with Crippen molar-refractivity contribution < 1.29 is 9.59 Å². The van der Waals surface area contributed by atoms with E-state index in [4.69, 9.17) is 23.2 Å². The molecule has 1 aliphatic heterocycles. The molecule has 2 aromatic rings. The smallest absolute Gasteiger partial charge is 0.255 e. The summed E-state index contributed by atoms with van der Waals surface area (Å²) in [5, 5.41) is 6.30. The molecule has 6 heteroatoms. The summed E-state index contributed by atoms with van der Waals surface area (Å²) in [7, 11) is 0. The van der Waals surface area contributed by atoms with Crippen LogP contribution in [-0.4, -0.2) is 11.8 Å². The Morgan fingerprint density at radius 1 is 1.14 bits per heavy atom. The molecule has 21 heavy (non-hydrogen) atoms. The van der Waals surface area contributed by atoms with Crippen LogP contribution in [0, 0.1) is 0 Å². The van der Waals surface area contributed by atoms with Gasteiger partial charge in [0.15, 0.2) is 0 Å². The van der Waals surface area contributed by atoms with Crippen molar-refractivity contribution in [2.24, 2.45) is 0 Å². The maximum Gasteiger partial charge on any atom is 0.255 e. The van der Waals surface area contributed by atoms with Crippen LogP contribution in [0.15, 0.2) is 36.4 Å². The summed E-state index contributed by atoms with van der Waals surface area (Å²) < 4.78 is 0. The van der Waals surface area contributed by atoms with Gasteiger partial charge >= 0.3 is 0 Å². The lowest BCUT2D eigenvalue weighted by Gasteiger charge is -2.08. The molecular formula is C15H10Cl2N2O2. The van der Waals surface area contributed by atoms with Crippen molar-refractivity contribution >= 4 is 46.4 Å². The van der Waals surface area contributed by atoms with Gasteiger partial charge in [-0.1, -0.05) is 29.3 Å². The van der Waals surface area contributed by atoms with Gasteiger partial charge in [-0.15, -0.1) is 0 Å². The second-order valence-corrected chi connectivity index (χ2v) is 5.52. The number of anilines is 2. The van der Waals surface area contributed by atoms with E-state index in [0.717, 1.165) is 5.56 Å². The second kappa shape index (κ2) is 5.39. The van der Waals surface area contributed by atoms with E-state index in [9.17, 15) is 9.59 Å². The zero-order chi connectivity index (χ0) is 15.0. The van der Waals surface area contributed by atoms with Gasteiger partial charge in [0.1, 0.15) is 0 Å². The van der Waals surface area contributed by atoms with Crippen LogP contribution in [0.3, 0.4) is 0 Å². The fraction of sp³-hybridized carbons (Fsp3) is 0.0667. The number of hydrogen-bond acceptors (Lipinski definition) is 2. The van der Waals surface area contributed by atoms with E-state index in [0.29, 0.717) is 33.4 Å². The monoisotopic (exact) mass is 320 g/mol. The third kappa shape index (κ3) is 2.86. The summed E-state index contributed by atoms with van der Waals surface area (Å²) in [5.41, 5.74) is 2.44. The van der Waals surface area contributed by atoms with E-state index in [-0.39, 0.29) is 11.8 Å². The SMILES string of the molecule is O=C1Cc2ccc(C(=O)Nc3cc(Cl)ccc3Cl)cc2N1. The van der Waals surface area contributed by atoms with E-state index in [1.54, 1.807) is 36.4 Å². The highest BCUT2D eigenvalue weighted by Gasteiger charge is 2.19. The lowest BCUT2D eigenvalue weighted by atomic mass is 10.1. The number of amides is 2. The summed E-state index contributed by atoms with van der Waals surface area (Å²) in [4.78, 5) is 23.5. The van der Waals surface area contributed by atoms with Gasteiger partial charge in [0.2, 0.25) is 5.91 Å². The molecule has 0 bridgehead atoms. The Morgan fingerprint density at radius 2 is 1.95 bits per heavy atom. The predicted molar refractivity (Wildman–Crippen MR) is 83.2 cm³/mol. The van der Waals surface area contributed by atoms with Gasteiger partial charge in [-0.3, -0.25) is 9.59 Å². The molecule has 0 fully saturated rings. The Hall–Kier alpha value is -2.04. The minimum atomic E-state index is -0.317. The molecule has 0 unspecified atom stereocenters. The fourth-order valence-electron chi connectivity index (χ4n) is 2.14. The number of fused-ring (bicyclic) bond motifs is 1. The standard InChI is InChI=1S/C15H10Cl2N2O2/c16-10-3-4-11(17)13(7-10)19-15(21)9-2-1-8-6-14(20)18-12(8)5-9/h1-5,7H,6H2,(H,18,20)(H,19,21). The first-order valence-electron chi connectivity index (χ1n) is 6.22. The maximum absolute atomic E-state index is 12.2. The minimum Gasteiger partial charge on any atom is -0.326 e. The molecule has 106 valence electrons. The lowest BCUT2D eigenvalue weighted by Crippen LogP contribution is -2.12. The number of rotatable bonds is 2. The van der Waals surface area contributed by atoms with Gasteiger partial charge in [0, 0.05) is 16.3 Å². The van der Waals surface area contributed by atoms with E-state index in [1.807, 2.05) is 0 Å². The number of carbonyl (C=O) groups is 2. The van der Waals surface area contributed by atoms with Crippen molar-refractivity contribution in [2.45, 2.75) is 6.42 Å². The predicted octanol–water partition coefficient (Wildman–Crippen LogP) is 3.74. The Bertz CT molecular complexity index is 759. The molecule has 0 saturated carbocycles. The summed E-state index contributed by atoms with van der Waals surface area (Å²) in [6.45, 7) is 0. The van der Waals surface area contributed by atoms with Crippen molar-refractivity contribution in [3.63, 3.8) is 0 Å². The number of carbonyl (C=O) groups excluding carboxylic acids is 2. The molecule has 2 aromatic carbocycles. The van der Waals surface area contributed by atoms with Crippen molar-refractivity contribution in [2.75, 3.05) is 10.6 Å². The van der Waals surface area contributed by atoms with Crippen LogP contribution in [0.5, 0.6) is 0 Å². The highest BCUT2D eigenvalue weighted by Crippen LogP contribution is 2.27. The summed E-state index contributed by atoms with van der Waals surface area (Å²) in [6.07, 6.45) is 0.345. The maximum atomic E-state index is 12.2. The van der Waals surface area contributed by atoms with Crippen molar-refractivity contribution in [1.82, 2.24) is 0 Å². The van der Waals surface area contributed by atoms with Crippen LogP contribution in [0.1, 0.15) is 15.9 Å². The van der Waals surface area contributed by atoms with Crippen LogP contribution in [0.4, 0.5) is 11.4 Å². The molecule has 0 aromatic heterocycles. The topological polar surface area (TPSA) is 58.2 Å². The van der Waals surface area contributed by atoms with E-state index in [1.165, 1.54) is 0 Å². The first-order valence-corrected chi connectivity index (χ1v) is 6.98. The molecule has 0 atom stereocenters. The van der Waals surface area contributed by atoms with Gasteiger partial charge < -0.3 is 10.6 Å². The Morgan fingerprint density at radius 3 is 2.76 bits per heavy atom. The van der Waals surface area contributed by atoms with Gasteiger partial charge in [0.25, 0.3) is 5.91 Å². The van der Waals surface area contributed by atoms with Crippen LogP contribution >= 0.6 is 23.2 Å². The van der Waals surface area contributed by atoms with Gasteiger partial charge in [-0.05, 0) is 35.9 Å². The van der Waals surface area contributed by atoms with E-state index < -0.39 is 0 Å². The van der Waals surface area contributed by atoms with Crippen LogP contribution in [0.25, 0.3) is 0 Å². The molecule has 2 amide bonds. The van der Waals surface area contributed by atoms with Gasteiger partial charge in [0.05, 0.1) is 17.1 Å². The highest BCUT2D eigenvalue weighted by atomic mass is 35.5. The third-order valence-corrected chi connectivity index (χ3v) is 3.74. The zero-order valence-electron chi connectivity index (χ0n) is 10.7. The molecule has 0 spiro atoms. The third-order valence-electron chi connectivity index (χ3n) is 3.17. The highest BCUT2D eigenvalue weighted by molar-refractivity contribution is 6.35. The molecule has 0 radical (unpaired) electrons. The molecular weight excluding hydrogens is 311 g/mol. The number of nitrogens with one attached hydrogen (secondary N) is 2. The number of halogens is 2. The van der Waals surface area contributed by atoms with Gasteiger partial charge in [-0.2, -0.15) is 0 Å². The Labute approximate surface area is 131 Å². The summed E-state index contributed by atoms with van der Waals surface area (Å²) in [6, 6.07) is 9.92. The quantitative estimate of drug-likeness (QED) is 0.885. The van der Waals surface area contributed by atoms with Crippen molar-refractivity contribution in [3.8, 4) is 0 Å². The average Bonchev–Trinajstić information content (AvgIpc) is 2.81. The lowest BCUT2D eigenvalue weighted by molar-refractivity contribution is -0.115.